The summed E-state index contributed by atoms with van der Waals surface area (Å²) < 4.78 is 5.05. The first-order chi connectivity index (χ1) is 6.90. The van der Waals surface area contributed by atoms with Crippen molar-refractivity contribution in [2.45, 2.75) is 12.5 Å². The first kappa shape index (κ1) is 9.49. The lowest BCUT2D eigenvalue weighted by Crippen LogP contribution is -2.17. The molecule has 0 aromatic carbocycles. The molecule has 0 aliphatic carbocycles. The highest BCUT2D eigenvalue weighted by atomic mass is 32.1. The molecule has 3 heteroatoms. The molecule has 0 amide bonds. The van der Waals surface area contributed by atoms with E-state index in [1.54, 1.807) is 23.9 Å². The second-order valence-electron chi connectivity index (χ2n) is 3.19. The van der Waals surface area contributed by atoms with Crippen molar-refractivity contribution in [3.8, 4) is 0 Å². The molecule has 14 heavy (non-hydrogen) atoms. The number of hydrogen-bond donors (Lipinski definition) is 1. The number of likely N-dealkylation sites (N-methyl/N-ethyl adjacent to an activating group) is 1. The Morgan fingerprint density at radius 1 is 1.50 bits per heavy atom. The van der Waals surface area contributed by atoms with E-state index in [0.717, 1.165) is 6.42 Å². The van der Waals surface area contributed by atoms with Crippen LogP contribution < -0.4 is 5.32 Å². The summed E-state index contributed by atoms with van der Waals surface area (Å²) in [5.74, 6) is 0. The molecule has 1 unspecified atom stereocenters. The van der Waals surface area contributed by atoms with Gasteiger partial charge in [-0.05, 0) is 36.5 Å². The number of hydrogen-bond acceptors (Lipinski definition) is 3. The summed E-state index contributed by atoms with van der Waals surface area (Å²) in [6, 6.07) is 6.65. The second kappa shape index (κ2) is 4.44. The zero-order valence-corrected chi connectivity index (χ0v) is 8.88. The third-order valence-corrected chi connectivity index (χ3v) is 3.24. The highest BCUT2D eigenvalue weighted by Crippen LogP contribution is 2.22. The van der Waals surface area contributed by atoms with Gasteiger partial charge < -0.3 is 9.73 Å². The Bertz CT molecular complexity index is 353. The normalized spacial score (nSPS) is 12.9. The van der Waals surface area contributed by atoms with Crippen LogP contribution in [0.2, 0.25) is 0 Å². The van der Waals surface area contributed by atoms with E-state index in [0.29, 0.717) is 6.04 Å². The third kappa shape index (κ3) is 2.05. The molecule has 0 bridgehead atoms. The Kier molecular flexibility index (Phi) is 3.01. The lowest BCUT2D eigenvalue weighted by molar-refractivity contribution is 0.554. The number of thiophene rings is 1. The standard InChI is InChI=1S/C11H13NOS/c1-12-10(11-3-2-6-14-11)7-9-4-5-13-8-9/h2-6,8,10,12H,7H2,1H3. The van der Waals surface area contributed by atoms with Gasteiger partial charge in [-0.2, -0.15) is 0 Å². The van der Waals surface area contributed by atoms with Gasteiger partial charge in [-0.15, -0.1) is 11.3 Å². The summed E-state index contributed by atoms with van der Waals surface area (Å²) in [7, 11) is 1.99. The van der Waals surface area contributed by atoms with Gasteiger partial charge in [-0.1, -0.05) is 6.07 Å². The van der Waals surface area contributed by atoms with Crippen LogP contribution in [0.3, 0.4) is 0 Å². The first-order valence-corrected chi connectivity index (χ1v) is 5.50. The molecule has 0 radical (unpaired) electrons. The highest BCUT2D eigenvalue weighted by molar-refractivity contribution is 7.10. The van der Waals surface area contributed by atoms with Crippen LogP contribution in [0.15, 0.2) is 40.5 Å². The van der Waals surface area contributed by atoms with Gasteiger partial charge in [0.15, 0.2) is 0 Å². The molecule has 2 aromatic heterocycles. The maximum absolute atomic E-state index is 5.05. The van der Waals surface area contributed by atoms with E-state index < -0.39 is 0 Å². The van der Waals surface area contributed by atoms with Gasteiger partial charge in [0, 0.05) is 10.9 Å². The molecule has 0 aliphatic heterocycles. The number of furan rings is 1. The lowest BCUT2D eigenvalue weighted by Gasteiger charge is -2.12. The van der Waals surface area contributed by atoms with Crippen molar-refractivity contribution < 1.29 is 4.42 Å². The zero-order chi connectivity index (χ0) is 9.80. The molecular weight excluding hydrogens is 194 g/mol. The summed E-state index contributed by atoms with van der Waals surface area (Å²) in [4.78, 5) is 1.37. The molecular formula is C11H13NOS. The van der Waals surface area contributed by atoms with Crippen molar-refractivity contribution in [3.63, 3.8) is 0 Å². The third-order valence-electron chi connectivity index (χ3n) is 2.26. The summed E-state index contributed by atoms with van der Waals surface area (Å²) >= 11 is 1.78. The minimum absolute atomic E-state index is 0.396. The Morgan fingerprint density at radius 2 is 2.43 bits per heavy atom. The SMILES string of the molecule is CNC(Cc1ccoc1)c1cccs1. The van der Waals surface area contributed by atoms with E-state index in [1.807, 2.05) is 13.1 Å². The fourth-order valence-corrected chi connectivity index (χ4v) is 2.32. The van der Waals surface area contributed by atoms with Crippen LogP contribution in [0.4, 0.5) is 0 Å². The largest absolute Gasteiger partial charge is 0.472 e. The summed E-state index contributed by atoms with van der Waals surface area (Å²) in [5, 5.41) is 5.42. The van der Waals surface area contributed by atoms with Crippen LogP contribution in [-0.4, -0.2) is 7.05 Å². The van der Waals surface area contributed by atoms with Gasteiger partial charge >= 0.3 is 0 Å². The predicted molar refractivity (Wildman–Crippen MR) is 58.5 cm³/mol. The summed E-state index contributed by atoms with van der Waals surface area (Å²) in [6.07, 6.45) is 4.50. The number of nitrogens with one attached hydrogen (secondary N) is 1. The Hall–Kier alpha value is -1.06. The van der Waals surface area contributed by atoms with Crippen LogP contribution in [0.1, 0.15) is 16.5 Å². The van der Waals surface area contributed by atoms with Crippen LogP contribution in [0, 0.1) is 0 Å². The van der Waals surface area contributed by atoms with Gasteiger partial charge in [0.2, 0.25) is 0 Å². The Balaban J connectivity index is 2.08. The fourth-order valence-electron chi connectivity index (χ4n) is 1.48. The van der Waals surface area contributed by atoms with Gasteiger partial charge in [0.05, 0.1) is 12.5 Å². The van der Waals surface area contributed by atoms with E-state index in [4.69, 9.17) is 4.42 Å². The molecule has 0 saturated heterocycles. The Morgan fingerprint density at radius 3 is 3.00 bits per heavy atom. The van der Waals surface area contributed by atoms with Crippen molar-refractivity contribution in [2.75, 3.05) is 7.05 Å². The second-order valence-corrected chi connectivity index (χ2v) is 4.17. The maximum atomic E-state index is 5.05. The molecule has 1 atom stereocenters. The minimum atomic E-state index is 0.396. The molecule has 0 spiro atoms. The zero-order valence-electron chi connectivity index (χ0n) is 8.07. The van der Waals surface area contributed by atoms with E-state index in [9.17, 15) is 0 Å². The molecule has 74 valence electrons. The molecule has 2 nitrogen and oxygen atoms in total. The van der Waals surface area contributed by atoms with Gasteiger partial charge in [-0.25, -0.2) is 0 Å². The number of rotatable bonds is 4. The van der Waals surface area contributed by atoms with Crippen molar-refractivity contribution in [1.82, 2.24) is 5.32 Å². The van der Waals surface area contributed by atoms with Crippen LogP contribution >= 0.6 is 11.3 Å². The van der Waals surface area contributed by atoms with Gasteiger partial charge in [0.1, 0.15) is 0 Å². The molecule has 2 aromatic rings. The Labute approximate surface area is 87.6 Å². The van der Waals surface area contributed by atoms with Crippen molar-refractivity contribution in [1.29, 1.82) is 0 Å². The van der Waals surface area contributed by atoms with Crippen LogP contribution in [0.5, 0.6) is 0 Å². The molecule has 1 N–H and O–H groups in total. The van der Waals surface area contributed by atoms with E-state index in [2.05, 4.69) is 22.8 Å². The van der Waals surface area contributed by atoms with E-state index >= 15 is 0 Å². The average Bonchev–Trinajstić information content (AvgIpc) is 2.86. The van der Waals surface area contributed by atoms with Gasteiger partial charge in [0.25, 0.3) is 0 Å². The molecule has 0 fully saturated rings. The van der Waals surface area contributed by atoms with Gasteiger partial charge in [-0.3, -0.25) is 0 Å². The lowest BCUT2D eigenvalue weighted by atomic mass is 10.1. The smallest absolute Gasteiger partial charge is 0.0935 e. The topological polar surface area (TPSA) is 25.2 Å². The van der Waals surface area contributed by atoms with E-state index in [-0.39, 0.29) is 0 Å². The van der Waals surface area contributed by atoms with E-state index in [1.165, 1.54) is 10.4 Å². The molecule has 2 heterocycles. The van der Waals surface area contributed by atoms with Crippen LogP contribution in [0.25, 0.3) is 0 Å². The molecule has 0 saturated carbocycles. The summed E-state index contributed by atoms with van der Waals surface area (Å²) in [6.45, 7) is 0. The summed E-state index contributed by atoms with van der Waals surface area (Å²) in [5.41, 5.74) is 1.23. The molecule has 0 aliphatic rings. The maximum Gasteiger partial charge on any atom is 0.0935 e. The fraction of sp³-hybridized carbons (Fsp3) is 0.273. The van der Waals surface area contributed by atoms with Crippen LogP contribution in [-0.2, 0) is 6.42 Å². The minimum Gasteiger partial charge on any atom is -0.472 e. The van der Waals surface area contributed by atoms with Crippen molar-refractivity contribution in [2.24, 2.45) is 0 Å². The quantitative estimate of drug-likeness (QED) is 0.834. The molecule has 2 rings (SSSR count). The predicted octanol–water partition coefficient (Wildman–Crippen LogP) is 2.84. The highest BCUT2D eigenvalue weighted by Gasteiger charge is 2.11. The average molecular weight is 207 g/mol. The monoisotopic (exact) mass is 207 g/mol. The van der Waals surface area contributed by atoms with Crippen molar-refractivity contribution >= 4 is 11.3 Å². The van der Waals surface area contributed by atoms with Crippen molar-refractivity contribution in [3.05, 3.63) is 46.5 Å². The first-order valence-electron chi connectivity index (χ1n) is 4.62.